The molecule has 1 N–H and O–H groups in total. The molecule has 0 fully saturated rings. The predicted octanol–water partition coefficient (Wildman–Crippen LogP) is 5.86. The molecule has 3 aromatic rings. The van der Waals surface area contributed by atoms with Gasteiger partial charge < -0.3 is 14.4 Å². The molecule has 0 aromatic heterocycles. The number of hydrogen-bond acceptors (Lipinski definition) is 4. The van der Waals surface area contributed by atoms with Crippen molar-refractivity contribution in [3.63, 3.8) is 0 Å². The number of ether oxygens (including phenoxy) is 2. The lowest BCUT2D eigenvalue weighted by molar-refractivity contribution is 0.0998. The Morgan fingerprint density at radius 1 is 0.788 bits per heavy atom. The molecule has 0 radical (unpaired) electrons. The molecule has 0 bridgehead atoms. The molecule has 0 spiro atoms. The average molecular weight is 443 g/mol. The molecule has 6 heteroatoms. The van der Waals surface area contributed by atoms with Crippen LogP contribution < -0.4 is 5.32 Å². The van der Waals surface area contributed by atoms with Gasteiger partial charge in [-0.25, -0.2) is 9.59 Å². The van der Waals surface area contributed by atoms with Gasteiger partial charge in [-0.3, -0.25) is 5.32 Å². The summed E-state index contributed by atoms with van der Waals surface area (Å²) >= 11 is 0. The minimum atomic E-state index is -0.492. The summed E-state index contributed by atoms with van der Waals surface area (Å²) in [5.74, 6) is 0. The van der Waals surface area contributed by atoms with Crippen LogP contribution in [-0.2, 0) is 22.7 Å². The van der Waals surface area contributed by atoms with Crippen molar-refractivity contribution in [1.29, 1.82) is 0 Å². The molecule has 168 valence electrons. The molecule has 1 heterocycles. The molecule has 0 aliphatic carbocycles. The third-order valence-electron chi connectivity index (χ3n) is 5.39. The van der Waals surface area contributed by atoms with Gasteiger partial charge in [-0.2, -0.15) is 0 Å². The van der Waals surface area contributed by atoms with Crippen molar-refractivity contribution in [3.8, 4) is 0 Å². The average Bonchev–Trinajstić information content (AvgIpc) is 2.88. The van der Waals surface area contributed by atoms with Crippen molar-refractivity contribution in [1.82, 2.24) is 4.90 Å². The van der Waals surface area contributed by atoms with Gasteiger partial charge in [0.1, 0.15) is 13.2 Å². The molecule has 0 saturated carbocycles. The van der Waals surface area contributed by atoms with Gasteiger partial charge in [0.15, 0.2) is 0 Å². The van der Waals surface area contributed by atoms with Crippen LogP contribution in [0.4, 0.5) is 15.3 Å². The van der Waals surface area contributed by atoms with Gasteiger partial charge in [0, 0.05) is 18.8 Å². The Labute approximate surface area is 193 Å². The second-order valence-electron chi connectivity index (χ2n) is 7.73. The molecule has 3 aromatic carbocycles. The van der Waals surface area contributed by atoms with Gasteiger partial charge in [-0.1, -0.05) is 78.9 Å². The molecule has 1 aliphatic heterocycles. The Hall–Kier alpha value is -4.06. The smallest absolute Gasteiger partial charge is 0.411 e. The Morgan fingerprint density at radius 3 is 1.97 bits per heavy atom. The summed E-state index contributed by atoms with van der Waals surface area (Å²) in [5.41, 5.74) is 4.80. The highest BCUT2D eigenvalue weighted by Crippen LogP contribution is 2.24. The lowest BCUT2D eigenvalue weighted by Crippen LogP contribution is -2.35. The summed E-state index contributed by atoms with van der Waals surface area (Å²) in [5, 5.41) is 2.74. The number of anilines is 1. The summed E-state index contributed by atoms with van der Waals surface area (Å²) in [6, 6.07) is 26.8. The fourth-order valence-electron chi connectivity index (χ4n) is 3.55. The number of carbonyl (C=O) groups is 2. The second kappa shape index (κ2) is 11.0. The SMILES string of the molecule is O=C(Nc1ccc(C2=CCN(C(=O)OCc3ccccc3)CC2)cc1)OCc1ccccc1. The fraction of sp³-hybridized carbons (Fsp3) is 0.185. The van der Waals surface area contributed by atoms with Crippen molar-refractivity contribution in [3.05, 3.63) is 108 Å². The van der Waals surface area contributed by atoms with E-state index in [0.29, 0.717) is 18.8 Å². The minimum absolute atomic E-state index is 0.224. The Balaban J connectivity index is 1.24. The summed E-state index contributed by atoms with van der Waals surface area (Å²) in [6.07, 6.45) is 1.99. The number of hydrogen-bond donors (Lipinski definition) is 1. The maximum absolute atomic E-state index is 12.3. The van der Waals surface area contributed by atoms with Crippen LogP contribution in [0.1, 0.15) is 23.1 Å². The van der Waals surface area contributed by atoms with E-state index in [1.54, 1.807) is 4.90 Å². The van der Waals surface area contributed by atoms with E-state index in [0.717, 1.165) is 23.1 Å². The zero-order valence-electron chi connectivity index (χ0n) is 18.3. The summed E-state index contributed by atoms with van der Waals surface area (Å²) in [4.78, 5) is 26.0. The number of nitrogens with zero attached hydrogens (tertiary/aromatic N) is 1. The van der Waals surface area contributed by atoms with Crippen LogP contribution in [0.25, 0.3) is 5.57 Å². The van der Waals surface area contributed by atoms with Crippen LogP contribution in [-0.4, -0.2) is 30.2 Å². The van der Waals surface area contributed by atoms with Crippen molar-refractivity contribution >= 4 is 23.4 Å². The van der Waals surface area contributed by atoms with Crippen LogP contribution in [0, 0.1) is 0 Å². The molecule has 0 unspecified atom stereocenters. The van der Waals surface area contributed by atoms with E-state index in [1.807, 2.05) is 91.0 Å². The van der Waals surface area contributed by atoms with Crippen LogP contribution in [0.3, 0.4) is 0 Å². The van der Waals surface area contributed by atoms with Crippen molar-refractivity contribution in [2.24, 2.45) is 0 Å². The third-order valence-corrected chi connectivity index (χ3v) is 5.39. The van der Waals surface area contributed by atoms with Crippen LogP contribution in [0.5, 0.6) is 0 Å². The highest BCUT2D eigenvalue weighted by molar-refractivity contribution is 5.85. The lowest BCUT2D eigenvalue weighted by atomic mass is 9.99. The fourth-order valence-corrected chi connectivity index (χ4v) is 3.55. The van der Waals surface area contributed by atoms with Gasteiger partial charge in [0.05, 0.1) is 0 Å². The van der Waals surface area contributed by atoms with E-state index in [2.05, 4.69) is 5.32 Å². The molecular formula is C27H26N2O4. The Kier molecular flexibility index (Phi) is 7.38. The van der Waals surface area contributed by atoms with E-state index in [9.17, 15) is 9.59 Å². The molecule has 6 nitrogen and oxygen atoms in total. The third kappa shape index (κ3) is 6.46. The molecule has 33 heavy (non-hydrogen) atoms. The lowest BCUT2D eigenvalue weighted by Gasteiger charge is -2.26. The summed E-state index contributed by atoms with van der Waals surface area (Å²) < 4.78 is 10.7. The van der Waals surface area contributed by atoms with Gasteiger partial charge in [0.25, 0.3) is 0 Å². The van der Waals surface area contributed by atoms with Crippen molar-refractivity contribution < 1.29 is 19.1 Å². The topological polar surface area (TPSA) is 67.9 Å². The molecule has 0 saturated heterocycles. The van der Waals surface area contributed by atoms with E-state index in [4.69, 9.17) is 9.47 Å². The van der Waals surface area contributed by atoms with Crippen LogP contribution in [0.15, 0.2) is 91.0 Å². The van der Waals surface area contributed by atoms with Crippen LogP contribution >= 0.6 is 0 Å². The van der Waals surface area contributed by atoms with Gasteiger partial charge in [-0.05, 0) is 40.8 Å². The highest BCUT2D eigenvalue weighted by Gasteiger charge is 2.19. The van der Waals surface area contributed by atoms with E-state index < -0.39 is 6.09 Å². The molecule has 2 amide bonds. The van der Waals surface area contributed by atoms with Gasteiger partial charge in [-0.15, -0.1) is 0 Å². The monoisotopic (exact) mass is 442 g/mol. The first kappa shape index (κ1) is 22.1. The maximum atomic E-state index is 12.3. The summed E-state index contributed by atoms with van der Waals surface area (Å²) in [6.45, 7) is 1.61. The first-order valence-corrected chi connectivity index (χ1v) is 10.9. The quantitative estimate of drug-likeness (QED) is 0.519. The molecular weight excluding hydrogens is 416 g/mol. The molecule has 4 rings (SSSR count). The van der Waals surface area contributed by atoms with Gasteiger partial charge >= 0.3 is 12.2 Å². The van der Waals surface area contributed by atoms with E-state index >= 15 is 0 Å². The zero-order valence-corrected chi connectivity index (χ0v) is 18.3. The number of benzene rings is 3. The van der Waals surface area contributed by atoms with E-state index in [-0.39, 0.29) is 19.3 Å². The predicted molar refractivity (Wildman–Crippen MR) is 127 cm³/mol. The van der Waals surface area contributed by atoms with Crippen molar-refractivity contribution in [2.45, 2.75) is 19.6 Å². The Bertz CT molecular complexity index is 1100. The number of nitrogens with one attached hydrogen (secondary N) is 1. The van der Waals surface area contributed by atoms with E-state index in [1.165, 1.54) is 5.57 Å². The molecule has 1 aliphatic rings. The largest absolute Gasteiger partial charge is 0.445 e. The first-order chi connectivity index (χ1) is 16.2. The highest BCUT2D eigenvalue weighted by atomic mass is 16.6. The number of carbonyl (C=O) groups excluding carboxylic acids is 2. The maximum Gasteiger partial charge on any atom is 0.411 e. The first-order valence-electron chi connectivity index (χ1n) is 10.9. The number of amides is 2. The standard InChI is InChI=1S/C27H26N2O4/c30-26(32-19-21-7-3-1-4-8-21)28-25-13-11-23(12-14-25)24-15-17-29(18-16-24)27(31)33-20-22-9-5-2-6-10-22/h1-15H,16-20H2,(H,28,30). The zero-order chi connectivity index (χ0) is 22.9. The van der Waals surface area contributed by atoms with Crippen molar-refractivity contribution in [2.75, 3.05) is 18.4 Å². The Morgan fingerprint density at radius 2 is 1.39 bits per heavy atom. The number of rotatable bonds is 6. The second-order valence-corrected chi connectivity index (χ2v) is 7.73. The normalized spacial score (nSPS) is 13.1. The summed E-state index contributed by atoms with van der Waals surface area (Å²) in [7, 11) is 0. The van der Waals surface area contributed by atoms with Gasteiger partial charge in [0.2, 0.25) is 0 Å². The van der Waals surface area contributed by atoms with Crippen LogP contribution in [0.2, 0.25) is 0 Å². The minimum Gasteiger partial charge on any atom is -0.445 e. The molecule has 0 atom stereocenters.